The molecule has 2 aromatic rings. The van der Waals surface area contributed by atoms with E-state index in [0.29, 0.717) is 22.8 Å². The van der Waals surface area contributed by atoms with Gasteiger partial charge in [-0.2, -0.15) is 0 Å². The second kappa shape index (κ2) is 12.9. The molecule has 0 aromatic heterocycles. The molecule has 1 atom stereocenters. The predicted molar refractivity (Wildman–Crippen MR) is 142 cm³/mol. The minimum atomic E-state index is -4.14. The largest absolute Gasteiger partial charge is 0.495 e. The van der Waals surface area contributed by atoms with Crippen molar-refractivity contribution in [1.82, 2.24) is 10.2 Å². The van der Waals surface area contributed by atoms with Crippen LogP contribution in [0, 0.1) is 10.1 Å². The smallest absolute Gasteiger partial charge is 0.271 e. The summed E-state index contributed by atoms with van der Waals surface area (Å²) in [7, 11) is -2.88. The molecule has 11 nitrogen and oxygen atoms in total. The second-order valence-corrected chi connectivity index (χ2v) is 10.8. The Kier molecular flexibility index (Phi) is 10.5. The van der Waals surface area contributed by atoms with Crippen molar-refractivity contribution in [2.75, 3.05) is 30.8 Å². The number of benzene rings is 2. The van der Waals surface area contributed by atoms with Gasteiger partial charge in [-0.05, 0) is 31.5 Å². The average molecular weight is 575 g/mol. The van der Waals surface area contributed by atoms with Crippen LogP contribution in [0.25, 0.3) is 0 Å². The normalized spacial score (nSPS) is 11.9. The van der Waals surface area contributed by atoms with E-state index in [9.17, 15) is 28.1 Å². The van der Waals surface area contributed by atoms with E-state index in [1.807, 2.05) is 6.92 Å². The lowest BCUT2D eigenvalue weighted by Crippen LogP contribution is -2.51. The minimum Gasteiger partial charge on any atom is -0.495 e. The molecule has 0 aliphatic heterocycles. The van der Waals surface area contributed by atoms with E-state index in [1.54, 1.807) is 18.2 Å². The van der Waals surface area contributed by atoms with Crippen molar-refractivity contribution >= 4 is 56.4 Å². The van der Waals surface area contributed by atoms with E-state index in [2.05, 4.69) is 5.32 Å². The fraction of sp³-hybridized carbons (Fsp3) is 0.391. The first-order valence-corrected chi connectivity index (χ1v) is 13.7. The molecule has 2 rings (SSSR count). The first kappa shape index (κ1) is 30.1. The molecule has 0 saturated carbocycles. The minimum absolute atomic E-state index is 0.00161. The standard InChI is InChI=1S/C23H28Cl2N4O7S/c1-5-11-26-23(31)15(2)27(13-17-18(24)7-6-8-19(17)25)22(30)14-28(37(4,34)35)20-12-16(29(32)33)9-10-21(20)36-3/h6-10,12,15H,5,11,13-14H2,1-4H3,(H,26,31)/t15-/m1/s1. The number of hydrogen-bond acceptors (Lipinski definition) is 7. The number of nitro groups is 1. The number of nitro benzene ring substituents is 1. The van der Waals surface area contributed by atoms with Gasteiger partial charge in [0.15, 0.2) is 0 Å². The Bertz CT molecular complexity index is 1250. The number of anilines is 1. The van der Waals surface area contributed by atoms with Gasteiger partial charge in [-0.3, -0.25) is 24.0 Å². The molecule has 2 aromatic carbocycles. The zero-order valence-electron chi connectivity index (χ0n) is 20.7. The molecular formula is C23H28Cl2N4O7S. The number of methoxy groups -OCH3 is 1. The summed E-state index contributed by atoms with van der Waals surface area (Å²) < 4.78 is 31.4. The first-order valence-electron chi connectivity index (χ1n) is 11.1. The summed E-state index contributed by atoms with van der Waals surface area (Å²) in [5, 5.41) is 14.5. The van der Waals surface area contributed by atoms with Crippen LogP contribution in [0.5, 0.6) is 5.75 Å². The molecule has 0 radical (unpaired) electrons. The summed E-state index contributed by atoms with van der Waals surface area (Å²) >= 11 is 12.6. The van der Waals surface area contributed by atoms with Crippen LogP contribution in [-0.4, -0.2) is 62.6 Å². The van der Waals surface area contributed by atoms with Crippen molar-refractivity contribution in [1.29, 1.82) is 0 Å². The van der Waals surface area contributed by atoms with Crippen LogP contribution < -0.4 is 14.4 Å². The van der Waals surface area contributed by atoms with Crippen LogP contribution in [0.15, 0.2) is 36.4 Å². The predicted octanol–water partition coefficient (Wildman–Crippen LogP) is 3.62. The van der Waals surface area contributed by atoms with Gasteiger partial charge >= 0.3 is 0 Å². The molecule has 0 spiro atoms. The van der Waals surface area contributed by atoms with Crippen molar-refractivity contribution < 1.29 is 27.7 Å². The highest BCUT2D eigenvalue weighted by Gasteiger charge is 2.32. The quantitative estimate of drug-likeness (QED) is 0.301. The van der Waals surface area contributed by atoms with Gasteiger partial charge in [-0.15, -0.1) is 0 Å². The van der Waals surface area contributed by atoms with Gasteiger partial charge in [0.2, 0.25) is 21.8 Å². The summed E-state index contributed by atoms with van der Waals surface area (Å²) in [6.45, 7) is 2.77. The Morgan fingerprint density at radius 3 is 2.32 bits per heavy atom. The van der Waals surface area contributed by atoms with E-state index in [1.165, 1.54) is 20.1 Å². The Hall–Kier alpha value is -3.09. The number of carbonyl (C=O) groups excluding carboxylic acids is 2. The van der Waals surface area contributed by atoms with E-state index < -0.39 is 45.0 Å². The first-order chi connectivity index (χ1) is 17.3. The molecule has 37 heavy (non-hydrogen) atoms. The number of rotatable bonds is 12. The van der Waals surface area contributed by atoms with Crippen molar-refractivity contribution in [2.45, 2.75) is 32.9 Å². The van der Waals surface area contributed by atoms with Gasteiger partial charge in [0.25, 0.3) is 5.69 Å². The van der Waals surface area contributed by atoms with Crippen molar-refractivity contribution in [2.24, 2.45) is 0 Å². The third kappa shape index (κ3) is 7.70. The number of halogens is 2. The number of sulfonamides is 1. The van der Waals surface area contributed by atoms with Gasteiger partial charge in [-0.25, -0.2) is 8.42 Å². The maximum atomic E-state index is 13.6. The van der Waals surface area contributed by atoms with E-state index in [-0.39, 0.29) is 28.0 Å². The molecular weight excluding hydrogens is 547 g/mol. The van der Waals surface area contributed by atoms with Crippen LogP contribution in [-0.2, 0) is 26.2 Å². The number of ether oxygens (including phenoxy) is 1. The van der Waals surface area contributed by atoms with Gasteiger partial charge in [0, 0.05) is 40.8 Å². The third-order valence-corrected chi connectivity index (χ3v) is 7.26. The summed E-state index contributed by atoms with van der Waals surface area (Å²) in [5.74, 6) is -1.23. The fourth-order valence-corrected chi connectivity index (χ4v) is 4.78. The highest BCUT2D eigenvalue weighted by Crippen LogP contribution is 2.34. The van der Waals surface area contributed by atoms with Gasteiger partial charge in [0.1, 0.15) is 24.0 Å². The van der Waals surface area contributed by atoms with Gasteiger partial charge in [-0.1, -0.05) is 36.2 Å². The highest BCUT2D eigenvalue weighted by atomic mass is 35.5. The number of nitrogens with zero attached hydrogens (tertiary/aromatic N) is 3. The van der Waals surface area contributed by atoms with Crippen LogP contribution >= 0.6 is 23.2 Å². The van der Waals surface area contributed by atoms with Gasteiger partial charge < -0.3 is 15.0 Å². The SMILES string of the molecule is CCCNC(=O)[C@@H](C)N(Cc1c(Cl)cccc1Cl)C(=O)CN(c1cc([N+](=O)[O-])ccc1OC)S(C)(=O)=O. The van der Waals surface area contributed by atoms with E-state index >= 15 is 0 Å². The molecule has 0 saturated heterocycles. The average Bonchev–Trinajstić information content (AvgIpc) is 2.84. The summed E-state index contributed by atoms with van der Waals surface area (Å²) in [4.78, 5) is 38.2. The molecule has 0 bridgehead atoms. The van der Waals surface area contributed by atoms with Crippen LogP contribution in [0.3, 0.4) is 0 Å². The molecule has 0 fully saturated rings. The maximum absolute atomic E-state index is 13.6. The second-order valence-electron chi connectivity index (χ2n) is 8.07. The maximum Gasteiger partial charge on any atom is 0.271 e. The fourth-order valence-electron chi connectivity index (χ4n) is 3.41. The lowest BCUT2D eigenvalue weighted by Gasteiger charge is -2.32. The molecule has 1 N–H and O–H groups in total. The van der Waals surface area contributed by atoms with Crippen LogP contribution in [0.1, 0.15) is 25.8 Å². The van der Waals surface area contributed by atoms with Gasteiger partial charge in [0.05, 0.1) is 18.3 Å². The molecule has 2 amide bonds. The monoisotopic (exact) mass is 574 g/mol. The van der Waals surface area contributed by atoms with Crippen LogP contribution in [0.4, 0.5) is 11.4 Å². The van der Waals surface area contributed by atoms with Crippen molar-refractivity contribution in [3.05, 3.63) is 62.1 Å². The molecule has 202 valence electrons. The van der Waals surface area contributed by atoms with Crippen molar-refractivity contribution in [3.8, 4) is 5.75 Å². The molecule has 0 unspecified atom stereocenters. The lowest BCUT2D eigenvalue weighted by atomic mass is 10.1. The van der Waals surface area contributed by atoms with E-state index in [0.717, 1.165) is 23.3 Å². The molecule has 14 heteroatoms. The summed E-state index contributed by atoms with van der Waals surface area (Å²) in [6, 6.07) is 7.13. The third-order valence-electron chi connectivity index (χ3n) is 5.43. The number of non-ortho nitro benzene ring substituents is 1. The number of amides is 2. The number of carbonyl (C=O) groups is 2. The molecule has 0 heterocycles. The zero-order chi connectivity index (χ0) is 27.9. The Labute approximate surface area is 225 Å². The highest BCUT2D eigenvalue weighted by molar-refractivity contribution is 7.92. The van der Waals surface area contributed by atoms with Crippen molar-refractivity contribution in [3.63, 3.8) is 0 Å². The number of nitrogens with one attached hydrogen (secondary N) is 1. The molecule has 0 aliphatic carbocycles. The lowest BCUT2D eigenvalue weighted by molar-refractivity contribution is -0.384. The molecule has 0 aliphatic rings. The Morgan fingerprint density at radius 1 is 1.19 bits per heavy atom. The number of hydrogen-bond donors (Lipinski definition) is 1. The summed E-state index contributed by atoms with van der Waals surface area (Å²) in [5.41, 5.74) is -0.233. The van der Waals surface area contributed by atoms with Crippen LogP contribution in [0.2, 0.25) is 10.0 Å². The Balaban J connectivity index is 2.56. The van der Waals surface area contributed by atoms with E-state index in [4.69, 9.17) is 27.9 Å². The summed E-state index contributed by atoms with van der Waals surface area (Å²) in [6.07, 6.45) is 1.52. The Morgan fingerprint density at radius 2 is 1.81 bits per heavy atom. The topological polar surface area (TPSA) is 139 Å². The zero-order valence-corrected chi connectivity index (χ0v) is 23.1.